The predicted octanol–water partition coefficient (Wildman–Crippen LogP) is 5.33. The van der Waals surface area contributed by atoms with Gasteiger partial charge in [-0.2, -0.15) is 0 Å². The standard InChI is InChI=1S/C15H15BrClN/c1-10-5-11(2)7-12(6-10)9-18-15-8-13(16)3-4-14(15)17/h3-8,18H,9H2,1-2H3. The fraction of sp³-hybridized carbons (Fsp3) is 0.200. The van der Waals surface area contributed by atoms with E-state index in [2.05, 4.69) is 53.3 Å². The van der Waals surface area contributed by atoms with Crippen LogP contribution in [0.15, 0.2) is 40.9 Å². The van der Waals surface area contributed by atoms with Gasteiger partial charge in [-0.3, -0.25) is 0 Å². The molecule has 18 heavy (non-hydrogen) atoms. The van der Waals surface area contributed by atoms with E-state index in [1.54, 1.807) is 0 Å². The fourth-order valence-electron chi connectivity index (χ4n) is 2.00. The number of benzene rings is 2. The van der Waals surface area contributed by atoms with Crippen LogP contribution in [0, 0.1) is 13.8 Å². The van der Waals surface area contributed by atoms with Gasteiger partial charge in [-0.1, -0.05) is 56.9 Å². The highest BCUT2D eigenvalue weighted by atomic mass is 79.9. The third-order valence-electron chi connectivity index (χ3n) is 2.69. The molecule has 0 spiro atoms. The van der Waals surface area contributed by atoms with Crippen LogP contribution in [0.1, 0.15) is 16.7 Å². The van der Waals surface area contributed by atoms with Crippen molar-refractivity contribution in [3.8, 4) is 0 Å². The number of hydrogen-bond acceptors (Lipinski definition) is 1. The fourth-order valence-corrected chi connectivity index (χ4v) is 2.55. The molecular weight excluding hydrogens is 310 g/mol. The number of hydrogen-bond donors (Lipinski definition) is 1. The van der Waals surface area contributed by atoms with Gasteiger partial charge in [0.1, 0.15) is 0 Å². The van der Waals surface area contributed by atoms with Crippen molar-refractivity contribution in [2.45, 2.75) is 20.4 Å². The third kappa shape index (κ3) is 3.50. The van der Waals surface area contributed by atoms with Gasteiger partial charge in [0.05, 0.1) is 10.7 Å². The van der Waals surface area contributed by atoms with Crippen LogP contribution in [-0.2, 0) is 6.54 Å². The van der Waals surface area contributed by atoms with Crippen molar-refractivity contribution < 1.29 is 0 Å². The summed E-state index contributed by atoms with van der Waals surface area (Å²) in [7, 11) is 0. The number of rotatable bonds is 3. The topological polar surface area (TPSA) is 12.0 Å². The summed E-state index contributed by atoms with van der Waals surface area (Å²) >= 11 is 9.59. The van der Waals surface area contributed by atoms with Crippen molar-refractivity contribution in [3.05, 3.63) is 62.6 Å². The molecule has 0 amide bonds. The maximum Gasteiger partial charge on any atom is 0.0638 e. The number of anilines is 1. The molecule has 0 aliphatic heterocycles. The van der Waals surface area contributed by atoms with Crippen LogP contribution in [0.25, 0.3) is 0 Å². The summed E-state index contributed by atoms with van der Waals surface area (Å²) in [5.74, 6) is 0. The molecule has 3 heteroatoms. The monoisotopic (exact) mass is 323 g/mol. The molecule has 1 N–H and O–H groups in total. The molecule has 0 saturated heterocycles. The average Bonchev–Trinajstić information content (AvgIpc) is 2.29. The Hall–Kier alpha value is -0.990. The predicted molar refractivity (Wildman–Crippen MR) is 82.4 cm³/mol. The molecule has 1 nitrogen and oxygen atoms in total. The van der Waals surface area contributed by atoms with E-state index in [9.17, 15) is 0 Å². The second-order valence-electron chi connectivity index (χ2n) is 4.47. The van der Waals surface area contributed by atoms with Crippen molar-refractivity contribution in [2.75, 3.05) is 5.32 Å². The number of nitrogens with one attached hydrogen (secondary N) is 1. The van der Waals surface area contributed by atoms with Crippen LogP contribution in [0.4, 0.5) is 5.69 Å². The van der Waals surface area contributed by atoms with Gasteiger partial charge < -0.3 is 5.32 Å². The van der Waals surface area contributed by atoms with E-state index in [1.165, 1.54) is 16.7 Å². The van der Waals surface area contributed by atoms with Gasteiger partial charge in [-0.05, 0) is 37.6 Å². The maximum atomic E-state index is 6.14. The SMILES string of the molecule is Cc1cc(C)cc(CNc2cc(Br)ccc2Cl)c1. The van der Waals surface area contributed by atoms with Crippen LogP contribution in [0.2, 0.25) is 5.02 Å². The van der Waals surface area contributed by atoms with E-state index >= 15 is 0 Å². The maximum absolute atomic E-state index is 6.14. The molecule has 0 aliphatic rings. The molecule has 0 radical (unpaired) electrons. The van der Waals surface area contributed by atoms with Crippen molar-refractivity contribution in [3.63, 3.8) is 0 Å². The zero-order chi connectivity index (χ0) is 13.1. The molecule has 0 bridgehead atoms. The lowest BCUT2D eigenvalue weighted by Crippen LogP contribution is -2.00. The summed E-state index contributed by atoms with van der Waals surface area (Å²) in [4.78, 5) is 0. The zero-order valence-electron chi connectivity index (χ0n) is 10.4. The second-order valence-corrected chi connectivity index (χ2v) is 5.80. The highest BCUT2D eigenvalue weighted by Crippen LogP contribution is 2.26. The molecule has 2 aromatic carbocycles. The van der Waals surface area contributed by atoms with Crippen LogP contribution in [0.5, 0.6) is 0 Å². The molecule has 0 atom stereocenters. The van der Waals surface area contributed by atoms with Crippen LogP contribution in [0.3, 0.4) is 0 Å². The van der Waals surface area contributed by atoms with E-state index in [4.69, 9.17) is 11.6 Å². The highest BCUT2D eigenvalue weighted by molar-refractivity contribution is 9.10. The summed E-state index contributed by atoms with van der Waals surface area (Å²) in [6, 6.07) is 12.4. The van der Waals surface area contributed by atoms with Crippen LogP contribution < -0.4 is 5.32 Å². The summed E-state index contributed by atoms with van der Waals surface area (Å²) in [5, 5.41) is 4.10. The van der Waals surface area contributed by atoms with Crippen molar-refractivity contribution in [2.24, 2.45) is 0 Å². The normalized spacial score (nSPS) is 10.4. The van der Waals surface area contributed by atoms with Crippen LogP contribution >= 0.6 is 27.5 Å². The first-order valence-corrected chi connectivity index (χ1v) is 6.98. The van der Waals surface area contributed by atoms with Crippen molar-refractivity contribution in [1.82, 2.24) is 0 Å². The largest absolute Gasteiger partial charge is 0.380 e. The van der Waals surface area contributed by atoms with Gasteiger partial charge in [0.15, 0.2) is 0 Å². The molecule has 0 aromatic heterocycles. The average molecular weight is 325 g/mol. The van der Waals surface area contributed by atoms with Gasteiger partial charge in [0.25, 0.3) is 0 Å². The molecule has 0 fully saturated rings. The third-order valence-corrected chi connectivity index (χ3v) is 3.52. The molecule has 0 heterocycles. The Morgan fingerprint density at radius 3 is 2.39 bits per heavy atom. The minimum absolute atomic E-state index is 0.738. The van der Waals surface area contributed by atoms with Gasteiger partial charge >= 0.3 is 0 Å². The second kappa shape index (κ2) is 5.77. The molecular formula is C15H15BrClN. The Morgan fingerprint density at radius 2 is 1.72 bits per heavy atom. The first-order chi connectivity index (χ1) is 8.54. The number of halogens is 2. The van der Waals surface area contributed by atoms with E-state index in [-0.39, 0.29) is 0 Å². The highest BCUT2D eigenvalue weighted by Gasteiger charge is 2.01. The van der Waals surface area contributed by atoms with E-state index in [1.807, 2.05) is 18.2 Å². The Kier molecular flexibility index (Phi) is 4.31. The molecule has 2 aromatic rings. The lowest BCUT2D eigenvalue weighted by atomic mass is 10.1. The first-order valence-electron chi connectivity index (χ1n) is 5.81. The van der Waals surface area contributed by atoms with Crippen LogP contribution in [-0.4, -0.2) is 0 Å². The number of aryl methyl sites for hydroxylation is 2. The summed E-state index contributed by atoms with van der Waals surface area (Å²) in [6.07, 6.45) is 0. The van der Waals surface area contributed by atoms with E-state index in [0.29, 0.717) is 0 Å². The Labute approximate surface area is 121 Å². The molecule has 0 saturated carbocycles. The quantitative estimate of drug-likeness (QED) is 0.804. The van der Waals surface area contributed by atoms with E-state index in [0.717, 1.165) is 21.7 Å². The summed E-state index contributed by atoms with van der Waals surface area (Å²) in [6.45, 7) is 5.00. The Balaban J connectivity index is 2.13. The van der Waals surface area contributed by atoms with Crippen molar-refractivity contribution in [1.29, 1.82) is 0 Å². The Bertz CT molecular complexity index is 546. The molecule has 0 unspecified atom stereocenters. The van der Waals surface area contributed by atoms with Gasteiger partial charge in [-0.15, -0.1) is 0 Å². The summed E-state index contributed by atoms with van der Waals surface area (Å²) in [5.41, 5.74) is 4.79. The summed E-state index contributed by atoms with van der Waals surface area (Å²) < 4.78 is 1.02. The lowest BCUT2D eigenvalue weighted by Gasteiger charge is -2.10. The van der Waals surface area contributed by atoms with Gasteiger partial charge in [0.2, 0.25) is 0 Å². The first kappa shape index (κ1) is 13.4. The molecule has 0 aliphatic carbocycles. The lowest BCUT2D eigenvalue weighted by molar-refractivity contribution is 1.13. The Morgan fingerprint density at radius 1 is 1.06 bits per heavy atom. The van der Waals surface area contributed by atoms with Gasteiger partial charge in [0, 0.05) is 11.0 Å². The zero-order valence-corrected chi connectivity index (χ0v) is 12.8. The molecule has 94 valence electrons. The van der Waals surface area contributed by atoms with Crippen molar-refractivity contribution >= 4 is 33.2 Å². The smallest absolute Gasteiger partial charge is 0.0638 e. The van der Waals surface area contributed by atoms with Gasteiger partial charge in [-0.25, -0.2) is 0 Å². The van der Waals surface area contributed by atoms with E-state index < -0.39 is 0 Å². The minimum atomic E-state index is 0.738. The minimum Gasteiger partial charge on any atom is -0.380 e. The molecule has 2 rings (SSSR count).